The molecule has 19 heavy (non-hydrogen) atoms. The Kier molecular flexibility index (Phi) is 6.38. The summed E-state index contributed by atoms with van der Waals surface area (Å²) in [4.78, 5) is 21.1. The monoisotopic (exact) mass is 298 g/mol. The maximum Gasteiger partial charge on any atom is 0.246 e. The molecule has 0 radical (unpaired) electrons. The van der Waals surface area contributed by atoms with Crippen molar-refractivity contribution < 1.29 is 4.79 Å². The number of halogens is 1. The molecule has 1 heterocycles. The lowest BCUT2D eigenvalue weighted by Crippen LogP contribution is -2.24. The average Bonchev–Trinajstić information content (AvgIpc) is 2.33. The first-order chi connectivity index (χ1) is 9.02. The van der Waals surface area contributed by atoms with Crippen molar-refractivity contribution in [2.75, 3.05) is 25.1 Å². The molecule has 1 aromatic rings. The number of carbonyl (C=O) groups is 1. The van der Waals surface area contributed by atoms with Crippen LogP contribution in [0.1, 0.15) is 0 Å². The van der Waals surface area contributed by atoms with Crippen LogP contribution in [0.4, 0.5) is 5.82 Å². The molecule has 102 valence electrons. The van der Waals surface area contributed by atoms with Crippen molar-refractivity contribution in [1.82, 2.24) is 14.9 Å². The number of nitrogens with two attached hydrogens (primary N) is 1. The van der Waals surface area contributed by atoms with Gasteiger partial charge in [-0.05, 0) is 6.08 Å². The minimum absolute atomic E-state index is 0.0768. The van der Waals surface area contributed by atoms with Crippen LogP contribution in [0.25, 0.3) is 0 Å². The van der Waals surface area contributed by atoms with Crippen LogP contribution in [0.2, 0.25) is 5.15 Å². The van der Waals surface area contributed by atoms with E-state index in [9.17, 15) is 4.79 Å². The number of hydrogen-bond donors (Lipinski definition) is 1. The number of aromatic nitrogens is 2. The van der Waals surface area contributed by atoms with Gasteiger partial charge in [0.2, 0.25) is 5.91 Å². The number of carbonyl (C=O) groups excluding carboxylic acids is 1. The zero-order chi connectivity index (χ0) is 14.3. The van der Waals surface area contributed by atoms with Crippen LogP contribution in [-0.4, -0.2) is 40.1 Å². The van der Waals surface area contributed by atoms with Gasteiger partial charge in [-0.1, -0.05) is 35.5 Å². The fourth-order valence-electron chi connectivity index (χ4n) is 1.16. The second-order valence-corrected chi connectivity index (χ2v) is 4.99. The van der Waals surface area contributed by atoms with Crippen LogP contribution in [0.3, 0.4) is 0 Å². The summed E-state index contributed by atoms with van der Waals surface area (Å²) in [6, 6.07) is 1.48. The Labute approximate surface area is 121 Å². The van der Waals surface area contributed by atoms with Crippen LogP contribution in [0.5, 0.6) is 0 Å². The molecule has 0 atom stereocenters. The fourth-order valence-corrected chi connectivity index (χ4v) is 2.08. The molecular weight excluding hydrogens is 284 g/mol. The third-order valence-electron chi connectivity index (χ3n) is 2.04. The highest BCUT2D eigenvalue weighted by atomic mass is 35.5. The first-order valence-electron chi connectivity index (χ1n) is 5.48. The van der Waals surface area contributed by atoms with E-state index < -0.39 is 0 Å². The Morgan fingerprint density at radius 2 is 2.37 bits per heavy atom. The van der Waals surface area contributed by atoms with Crippen molar-refractivity contribution >= 4 is 35.1 Å². The van der Waals surface area contributed by atoms with Gasteiger partial charge in [0.05, 0.1) is 0 Å². The molecule has 0 bridgehead atoms. The van der Waals surface area contributed by atoms with Gasteiger partial charge in [0.15, 0.2) is 5.16 Å². The van der Waals surface area contributed by atoms with Crippen molar-refractivity contribution in [1.29, 1.82) is 0 Å². The summed E-state index contributed by atoms with van der Waals surface area (Å²) >= 11 is 7.11. The van der Waals surface area contributed by atoms with E-state index in [2.05, 4.69) is 16.5 Å². The summed E-state index contributed by atoms with van der Waals surface area (Å²) in [7, 11) is 1.71. The molecular formula is C12H15ClN4OS. The third-order valence-corrected chi connectivity index (χ3v) is 3.04. The van der Waals surface area contributed by atoms with E-state index in [-0.39, 0.29) is 5.91 Å². The molecule has 0 aliphatic heterocycles. The number of anilines is 1. The van der Waals surface area contributed by atoms with Crippen LogP contribution in [-0.2, 0) is 4.79 Å². The van der Waals surface area contributed by atoms with E-state index in [1.807, 2.05) is 0 Å². The van der Waals surface area contributed by atoms with Crippen LogP contribution < -0.4 is 5.73 Å². The van der Waals surface area contributed by atoms with Gasteiger partial charge in [0.25, 0.3) is 0 Å². The van der Waals surface area contributed by atoms with Gasteiger partial charge >= 0.3 is 0 Å². The summed E-state index contributed by atoms with van der Waals surface area (Å²) in [5, 5.41) is 0.794. The Balaban J connectivity index is 2.45. The predicted octanol–water partition coefficient (Wildman–Crippen LogP) is 2.00. The smallest absolute Gasteiger partial charge is 0.246 e. The first kappa shape index (κ1) is 15.5. The van der Waals surface area contributed by atoms with Gasteiger partial charge < -0.3 is 10.6 Å². The van der Waals surface area contributed by atoms with Crippen LogP contribution >= 0.6 is 23.4 Å². The molecule has 0 fully saturated rings. The number of thioether (sulfide) groups is 1. The molecule has 1 rings (SSSR count). The largest absolute Gasteiger partial charge is 0.384 e. The van der Waals surface area contributed by atoms with Crippen molar-refractivity contribution in [3.63, 3.8) is 0 Å². The van der Waals surface area contributed by atoms with Gasteiger partial charge in [-0.15, -0.1) is 6.58 Å². The quantitative estimate of drug-likeness (QED) is 0.286. The molecule has 5 nitrogen and oxygen atoms in total. The highest BCUT2D eigenvalue weighted by molar-refractivity contribution is 7.99. The number of hydrogen-bond acceptors (Lipinski definition) is 5. The second kappa shape index (κ2) is 7.81. The Bertz CT molecular complexity index is 472. The first-order valence-corrected chi connectivity index (χ1v) is 6.84. The number of rotatable bonds is 6. The Morgan fingerprint density at radius 3 is 3.00 bits per heavy atom. The normalized spacial score (nSPS) is 10.6. The Morgan fingerprint density at radius 1 is 1.63 bits per heavy atom. The molecule has 2 N–H and O–H groups in total. The minimum Gasteiger partial charge on any atom is -0.384 e. The predicted molar refractivity (Wildman–Crippen MR) is 79.2 cm³/mol. The molecule has 0 saturated heterocycles. The molecule has 0 saturated carbocycles. The molecule has 0 aromatic carbocycles. The van der Waals surface area contributed by atoms with Gasteiger partial charge in [0, 0.05) is 25.4 Å². The standard InChI is InChI=1S/C12H15ClN4OS/c1-3-6-17(2)11(18)5-4-7-19-12-15-9(13)8-10(14)16-12/h3-5,8H,1,6-7H2,2H3,(H2,14,15,16)/b5-4+. The van der Waals surface area contributed by atoms with E-state index in [0.717, 1.165) is 0 Å². The van der Waals surface area contributed by atoms with Crippen molar-refractivity contribution in [2.24, 2.45) is 0 Å². The Hall–Kier alpha value is -1.53. The average molecular weight is 299 g/mol. The van der Waals surface area contributed by atoms with Gasteiger partial charge in [-0.2, -0.15) is 0 Å². The minimum atomic E-state index is -0.0768. The molecule has 1 amide bonds. The summed E-state index contributed by atoms with van der Waals surface area (Å²) in [6.45, 7) is 4.09. The third kappa shape index (κ3) is 5.76. The van der Waals surface area contributed by atoms with Crippen molar-refractivity contribution in [3.05, 3.63) is 36.0 Å². The van der Waals surface area contributed by atoms with Gasteiger partial charge in [-0.3, -0.25) is 4.79 Å². The number of nitrogen functional groups attached to an aromatic ring is 1. The fraction of sp³-hybridized carbons (Fsp3) is 0.250. The molecule has 0 spiro atoms. The molecule has 0 aliphatic carbocycles. The van der Waals surface area contributed by atoms with Crippen molar-refractivity contribution in [3.8, 4) is 0 Å². The van der Waals surface area contributed by atoms with Gasteiger partial charge in [0.1, 0.15) is 11.0 Å². The lowest BCUT2D eigenvalue weighted by molar-refractivity contribution is -0.124. The zero-order valence-corrected chi connectivity index (χ0v) is 12.1. The van der Waals surface area contributed by atoms with Crippen molar-refractivity contribution in [2.45, 2.75) is 5.16 Å². The maximum absolute atomic E-state index is 11.6. The van der Waals surface area contributed by atoms with Crippen LogP contribution in [0.15, 0.2) is 36.0 Å². The maximum atomic E-state index is 11.6. The number of nitrogens with zero attached hydrogens (tertiary/aromatic N) is 3. The van der Waals surface area contributed by atoms with Gasteiger partial charge in [-0.25, -0.2) is 9.97 Å². The van der Waals surface area contributed by atoms with E-state index in [1.54, 1.807) is 24.1 Å². The topological polar surface area (TPSA) is 72.1 Å². The van der Waals surface area contributed by atoms with E-state index in [1.165, 1.54) is 23.9 Å². The summed E-state index contributed by atoms with van der Waals surface area (Å²) in [5.74, 6) is 0.813. The molecule has 0 aliphatic rings. The SMILES string of the molecule is C=CCN(C)C(=O)/C=C/CSc1nc(N)cc(Cl)n1. The zero-order valence-electron chi connectivity index (χ0n) is 10.5. The van der Waals surface area contributed by atoms with Crippen LogP contribution in [0, 0.1) is 0 Å². The highest BCUT2D eigenvalue weighted by Crippen LogP contribution is 2.17. The summed E-state index contributed by atoms with van der Waals surface area (Å²) in [5.41, 5.74) is 5.55. The molecule has 7 heteroatoms. The molecule has 0 unspecified atom stereocenters. The van der Waals surface area contributed by atoms with E-state index >= 15 is 0 Å². The highest BCUT2D eigenvalue weighted by Gasteiger charge is 2.02. The number of likely N-dealkylation sites (N-methyl/N-ethyl adjacent to an activating group) is 1. The van der Waals surface area contributed by atoms with E-state index in [0.29, 0.717) is 28.4 Å². The lowest BCUT2D eigenvalue weighted by Gasteiger charge is -2.11. The summed E-state index contributed by atoms with van der Waals surface area (Å²) in [6.07, 6.45) is 4.92. The molecule has 1 aromatic heterocycles. The van der Waals surface area contributed by atoms with E-state index in [4.69, 9.17) is 17.3 Å². The number of amides is 1. The summed E-state index contributed by atoms with van der Waals surface area (Å²) < 4.78 is 0. The second-order valence-electron chi connectivity index (χ2n) is 3.62. The lowest BCUT2D eigenvalue weighted by atomic mass is 10.4.